The Hall–Kier alpha value is -2.54. The predicted molar refractivity (Wildman–Crippen MR) is 106 cm³/mol. The standard InChI is InChI=1S/C19H23ClN6O/c1-4-25(5-2)19(27)26-7-6-14-12(10-26)17(24-23-14)18-21-15-8-11(3)13(20)9-16(15)22-18/h8-9H,4-7,10H2,1-3H3,(H,21,22)(H,23,24). The van der Waals surface area contributed by atoms with E-state index < -0.39 is 0 Å². The molecule has 0 atom stereocenters. The second kappa shape index (κ2) is 6.88. The lowest BCUT2D eigenvalue weighted by Crippen LogP contribution is -2.45. The highest BCUT2D eigenvalue weighted by Crippen LogP contribution is 2.30. The number of urea groups is 1. The van der Waals surface area contributed by atoms with Gasteiger partial charge in [0.1, 0.15) is 5.69 Å². The van der Waals surface area contributed by atoms with Crippen LogP contribution in [0.1, 0.15) is 30.7 Å². The fourth-order valence-electron chi connectivity index (χ4n) is 3.60. The number of benzene rings is 1. The molecule has 0 fully saturated rings. The maximum atomic E-state index is 12.7. The van der Waals surface area contributed by atoms with Crippen LogP contribution in [0.2, 0.25) is 5.02 Å². The van der Waals surface area contributed by atoms with Crippen LogP contribution in [0.3, 0.4) is 0 Å². The summed E-state index contributed by atoms with van der Waals surface area (Å²) < 4.78 is 0. The third-order valence-corrected chi connectivity index (χ3v) is 5.63. The van der Waals surface area contributed by atoms with Gasteiger partial charge in [0, 0.05) is 42.3 Å². The summed E-state index contributed by atoms with van der Waals surface area (Å²) in [6, 6.07) is 3.93. The Kier molecular flexibility index (Phi) is 4.55. The van der Waals surface area contributed by atoms with Gasteiger partial charge in [0.2, 0.25) is 0 Å². The second-order valence-corrected chi connectivity index (χ2v) is 7.27. The van der Waals surface area contributed by atoms with Gasteiger partial charge in [0.15, 0.2) is 5.82 Å². The molecule has 1 aromatic carbocycles. The van der Waals surface area contributed by atoms with Gasteiger partial charge in [-0.1, -0.05) is 11.6 Å². The number of amides is 2. The van der Waals surface area contributed by atoms with Gasteiger partial charge in [0.25, 0.3) is 0 Å². The van der Waals surface area contributed by atoms with Crippen molar-refractivity contribution in [1.82, 2.24) is 30.0 Å². The predicted octanol–water partition coefficient (Wildman–Crippen LogP) is 3.73. The molecule has 142 valence electrons. The number of carbonyl (C=O) groups excluding carboxylic acids is 1. The van der Waals surface area contributed by atoms with Crippen LogP contribution >= 0.6 is 11.6 Å². The molecule has 2 aromatic heterocycles. The summed E-state index contributed by atoms with van der Waals surface area (Å²) in [7, 11) is 0. The van der Waals surface area contributed by atoms with Crippen LogP contribution < -0.4 is 0 Å². The second-order valence-electron chi connectivity index (χ2n) is 6.86. The first kappa shape index (κ1) is 17.9. The lowest BCUT2D eigenvalue weighted by atomic mass is 10.1. The van der Waals surface area contributed by atoms with E-state index in [1.807, 2.05) is 42.7 Å². The van der Waals surface area contributed by atoms with Gasteiger partial charge < -0.3 is 14.8 Å². The molecule has 0 aliphatic carbocycles. The summed E-state index contributed by atoms with van der Waals surface area (Å²) >= 11 is 6.22. The number of fused-ring (bicyclic) bond motifs is 2. The zero-order valence-electron chi connectivity index (χ0n) is 15.8. The normalized spacial score (nSPS) is 13.9. The number of carbonyl (C=O) groups is 1. The minimum atomic E-state index is 0.0739. The first-order chi connectivity index (χ1) is 13.0. The lowest BCUT2D eigenvalue weighted by molar-refractivity contribution is 0.152. The number of halogens is 1. The van der Waals surface area contributed by atoms with Gasteiger partial charge in [-0.05, 0) is 38.5 Å². The van der Waals surface area contributed by atoms with Crippen molar-refractivity contribution in [2.75, 3.05) is 19.6 Å². The molecule has 27 heavy (non-hydrogen) atoms. The van der Waals surface area contributed by atoms with Crippen molar-refractivity contribution in [2.24, 2.45) is 0 Å². The van der Waals surface area contributed by atoms with Crippen molar-refractivity contribution in [3.05, 3.63) is 34.0 Å². The summed E-state index contributed by atoms with van der Waals surface area (Å²) in [5, 5.41) is 8.30. The molecule has 0 spiro atoms. The first-order valence-corrected chi connectivity index (χ1v) is 9.65. The highest BCUT2D eigenvalue weighted by Gasteiger charge is 2.28. The molecule has 0 unspecified atom stereocenters. The van der Waals surface area contributed by atoms with Crippen molar-refractivity contribution in [3.63, 3.8) is 0 Å². The van der Waals surface area contributed by atoms with Crippen LogP contribution in [-0.2, 0) is 13.0 Å². The summed E-state index contributed by atoms with van der Waals surface area (Å²) in [4.78, 5) is 24.5. The van der Waals surface area contributed by atoms with E-state index >= 15 is 0 Å². The Bertz CT molecular complexity index is 964. The highest BCUT2D eigenvalue weighted by atomic mass is 35.5. The van der Waals surface area contributed by atoms with Crippen LogP contribution in [0.5, 0.6) is 0 Å². The van der Waals surface area contributed by atoms with Gasteiger partial charge in [-0.3, -0.25) is 5.10 Å². The number of aromatic nitrogens is 4. The molecule has 3 aromatic rings. The quantitative estimate of drug-likeness (QED) is 0.719. The molecule has 2 N–H and O–H groups in total. The minimum Gasteiger partial charge on any atom is -0.337 e. The van der Waals surface area contributed by atoms with Gasteiger partial charge in [0.05, 0.1) is 17.6 Å². The van der Waals surface area contributed by atoms with Crippen molar-refractivity contribution in [1.29, 1.82) is 0 Å². The first-order valence-electron chi connectivity index (χ1n) is 9.28. The number of hydrogen-bond acceptors (Lipinski definition) is 3. The van der Waals surface area contributed by atoms with Crippen molar-refractivity contribution < 1.29 is 4.79 Å². The Morgan fingerprint density at radius 2 is 2.11 bits per heavy atom. The summed E-state index contributed by atoms with van der Waals surface area (Å²) in [6.07, 6.45) is 0.764. The van der Waals surface area contributed by atoms with E-state index in [-0.39, 0.29) is 6.03 Å². The summed E-state index contributed by atoms with van der Waals surface area (Å²) in [6.45, 7) is 8.62. The van der Waals surface area contributed by atoms with E-state index in [2.05, 4.69) is 20.2 Å². The number of aryl methyl sites for hydroxylation is 1. The van der Waals surface area contributed by atoms with Gasteiger partial charge in [-0.15, -0.1) is 0 Å². The average molecular weight is 387 g/mol. The Labute approximate surface area is 162 Å². The topological polar surface area (TPSA) is 80.9 Å². The van der Waals surface area contributed by atoms with Gasteiger partial charge >= 0.3 is 6.03 Å². The van der Waals surface area contributed by atoms with E-state index in [1.54, 1.807) is 0 Å². The van der Waals surface area contributed by atoms with E-state index in [9.17, 15) is 4.79 Å². The van der Waals surface area contributed by atoms with Crippen LogP contribution in [0.15, 0.2) is 12.1 Å². The third-order valence-electron chi connectivity index (χ3n) is 5.22. The van der Waals surface area contributed by atoms with Crippen LogP contribution in [0.4, 0.5) is 4.79 Å². The Morgan fingerprint density at radius 3 is 2.85 bits per heavy atom. The summed E-state index contributed by atoms with van der Waals surface area (Å²) in [5.41, 5.74) is 5.61. The third kappa shape index (κ3) is 3.06. The maximum absolute atomic E-state index is 12.7. The molecular weight excluding hydrogens is 364 g/mol. The molecule has 0 radical (unpaired) electrons. The van der Waals surface area contributed by atoms with Crippen LogP contribution in [0, 0.1) is 6.92 Å². The number of rotatable bonds is 3. The fraction of sp³-hybridized carbons (Fsp3) is 0.421. The Morgan fingerprint density at radius 1 is 1.33 bits per heavy atom. The van der Waals surface area contributed by atoms with Crippen molar-refractivity contribution in [3.8, 4) is 11.5 Å². The van der Waals surface area contributed by atoms with Gasteiger partial charge in [-0.2, -0.15) is 5.10 Å². The molecule has 0 saturated heterocycles. The molecule has 1 aliphatic rings. The number of hydrogen-bond donors (Lipinski definition) is 2. The molecule has 8 heteroatoms. The summed E-state index contributed by atoms with van der Waals surface area (Å²) in [5.74, 6) is 0.696. The van der Waals surface area contributed by atoms with Crippen LogP contribution in [-0.4, -0.2) is 55.6 Å². The van der Waals surface area contributed by atoms with E-state index in [0.29, 0.717) is 37.0 Å². The van der Waals surface area contributed by atoms with Crippen molar-refractivity contribution >= 4 is 28.7 Å². The van der Waals surface area contributed by atoms with E-state index in [4.69, 9.17) is 11.6 Å². The fourth-order valence-corrected chi connectivity index (χ4v) is 3.76. The van der Waals surface area contributed by atoms with Crippen molar-refractivity contribution in [2.45, 2.75) is 33.7 Å². The van der Waals surface area contributed by atoms with E-state index in [0.717, 1.165) is 40.0 Å². The minimum absolute atomic E-state index is 0.0739. The average Bonchev–Trinajstić information content (AvgIpc) is 3.26. The number of nitrogens with one attached hydrogen (secondary N) is 2. The number of imidazole rings is 1. The molecule has 2 amide bonds. The largest absolute Gasteiger partial charge is 0.337 e. The number of nitrogens with zero attached hydrogens (tertiary/aromatic N) is 4. The number of H-pyrrole nitrogens is 2. The smallest absolute Gasteiger partial charge is 0.320 e. The molecule has 3 heterocycles. The number of aromatic amines is 2. The van der Waals surface area contributed by atoms with Gasteiger partial charge in [-0.25, -0.2) is 9.78 Å². The maximum Gasteiger partial charge on any atom is 0.320 e. The molecular formula is C19H23ClN6O. The molecule has 4 rings (SSSR count). The van der Waals surface area contributed by atoms with Crippen LogP contribution in [0.25, 0.3) is 22.6 Å². The zero-order valence-corrected chi connectivity index (χ0v) is 16.5. The molecule has 1 aliphatic heterocycles. The SMILES string of the molecule is CCN(CC)C(=O)N1CCc2[nH]nc(-c3nc4cc(Cl)c(C)cc4[nH]3)c2C1. The Balaban J connectivity index is 1.68. The monoisotopic (exact) mass is 386 g/mol. The molecule has 7 nitrogen and oxygen atoms in total. The zero-order chi connectivity index (χ0) is 19.1. The highest BCUT2D eigenvalue weighted by molar-refractivity contribution is 6.32. The molecule has 0 saturated carbocycles. The molecule has 0 bridgehead atoms. The lowest BCUT2D eigenvalue weighted by Gasteiger charge is -2.32. The van der Waals surface area contributed by atoms with E-state index in [1.165, 1.54) is 0 Å².